The number of hydrogen-bond donors (Lipinski definition) is 1. The van der Waals surface area contributed by atoms with Crippen LogP contribution in [0.5, 0.6) is 0 Å². The number of aromatic nitrogens is 1. The van der Waals surface area contributed by atoms with Crippen molar-refractivity contribution in [3.8, 4) is 0 Å². The quantitative estimate of drug-likeness (QED) is 0.868. The van der Waals surface area contributed by atoms with Gasteiger partial charge in [-0.2, -0.15) is 0 Å². The minimum atomic E-state index is 0.153. The summed E-state index contributed by atoms with van der Waals surface area (Å²) in [4.78, 5) is 15.4. The Morgan fingerprint density at radius 3 is 2.72 bits per heavy atom. The highest BCUT2D eigenvalue weighted by atomic mass is 16.5. The van der Waals surface area contributed by atoms with Crippen LogP contribution in [-0.2, 0) is 23.0 Å². The van der Waals surface area contributed by atoms with Crippen molar-refractivity contribution in [3.63, 3.8) is 0 Å². The molecule has 29 heavy (non-hydrogen) atoms. The van der Waals surface area contributed by atoms with Crippen molar-refractivity contribution in [2.45, 2.75) is 62.6 Å². The molecule has 5 rings (SSSR count). The highest BCUT2D eigenvalue weighted by Gasteiger charge is 2.40. The number of amides is 1. The first-order valence-corrected chi connectivity index (χ1v) is 11.2. The van der Waals surface area contributed by atoms with E-state index in [1.165, 1.54) is 22.0 Å². The maximum absolute atomic E-state index is 12.9. The van der Waals surface area contributed by atoms with Gasteiger partial charge in [0, 0.05) is 61.7 Å². The number of nitrogens with zero attached hydrogens (tertiary/aromatic N) is 2. The number of aryl methyl sites for hydroxylation is 1. The Kier molecular flexibility index (Phi) is 4.91. The van der Waals surface area contributed by atoms with Gasteiger partial charge >= 0.3 is 0 Å². The summed E-state index contributed by atoms with van der Waals surface area (Å²) in [5, 5.41) is 4.87. The summed E-state index contributed by atoms with van der Waals surface area (Å²) in [5.74, 6) is 0.896. The molecule has 2 aromatic rings. The number of likely N-dealkylation sites (tertiary alicyclic amines) is 1. The van der Waals surface area contributed by atoms with Gasteiger partial charge < -0.3 is 19.5 Å². The highest BCUT2D eigenvalue weighted by molar-refractivity contribution is 5.89. The van der Waals surface area contributed by atoms with Gasteiger partial charge in [-0.3, -0.25) is 4.79 Å². The van der Waals surface area contributed by atoms with Crippen molar-refractivity contribution in [3.05, 3.63) is 35.5 Å². The fraction of sp³-hybridized carbons (Fsp3) is 0.625. The molecule has 1 aliphatic heterocycles. The van der Waals surface area contributed by atoms with Crippen LogP contribution in [0.3, 0.4) is 0 Å². The molecule has 3 aliphatic rings. The van der Waals surface area contributed by atoms with E-state index in [4.69, 9.17) is 4.74 Å². The summed E-state index contributed by atoms with van der Waals surface area (Å²) in [5.41, 5.74) is 4.28. The standard InChI is InChI=1S/C24H33N3O2/c1-26-13-16-11-22-20(19-5-4-6-21(26)23(16)19)12-17(14-27(22)2)25-24(28)15-7-9-18(29-3)10-8-15/h4-6,13,15,17-18,20,22H,7-12,14H2,1-3H3,(H,25,28)/t15?,17-,18?,20-,22-/m1/s1. The van der Waals surface area contributed by atoms with Crippen molar-refractivity contribution < 1.29 is 9.53 Å². The molecule has 5 nitrogen and oxygen atoms in total. The third kappa shape index (κ3) is 3.28. The summed E-state index contributed by atoms with van der Waals surface area (Å²) >= 11 is 0. The van der Waals surface area contributed by atoms with Crippen LogP contribution in [0.1, 0.15) is 49.1 Å². The van der Waals surface area contributed by atoms with Crippen LogP contribution in [0.15, 0.2) is 24.4 Å². The number of fused-ring (bicyclic) bond motifs is 2. The zero-order valence-corrected chi connectivity index (χ0v) is 17.9. The van der Waals surface area contributed by atoms with E-state index in [9.17, 15) is 4.79 Å². The van der Waals surface area contributed by atoms with Gasteiger partial charge in [0.2, 0.25) is 5.91 Å². The predicted octanol–water partition coefficient (Wildman–Crippen LogP) is 3.21. The molecular formula is C24H33N3O2. The predicted molar refractivity (Wildman–Crippen MR) is 115 cm³/mol. The zero-order chi connectivity index (χ0) is 20.1. The van der Waals surface area contributed by atoms with Crippen molar-refractivity contribution >= 4 is 16.8 Å². The van der Waals surface area contributed by atoms with E-state index in [0.29, 0.717) is 18.1 Å². The van der Waals surface area contributed by atoms with Crippen LogP contribution >= 0.6 is 0 Å². The van der Waals surface area contributed by atoms with E-state index >= 15 is 0 Å². The van der Waals surface area contributed by atoms with Gasteiger partial charge in [0.05, 0.1) is 6.10 Å². The van der Waals surface area contributed by atoms with Gasteiger partial charge in [-0.15, -0.1) is 0 Å². The topological polar surface area (TPSA) is 46.5 Å². The minimum Gasteiger partial charge on any atom is -0.381 e. The molecule has 0 radical (unpaired) electrons. The summed E-state index contributed by atoms with van der Waals surface area (Å²) in [6.45, 7) is 0.943. The smallest absolute Gasteiger partial charge is 0.223 e. The molecule has 1 saturated carbocycles. The molecule has 2 aliphatic carbocycles. The van der Waals surface area contributed by atoms with Crippen LogP contribution in [0.2, 0.25) is 0 Å². The van der Waals surface area contributed by atoms with E-state index < -0.39 is 0 Å². The van der Waals surface area contributed by atoms with Crippen LogP contribution in [0, 0.1) is 5.92 Å². The Balaban J connectivity index is 1.33. The molecule has 1 amide bonds. The number of rotatable bonds is 3. The molecule has 2 fully saturated rings. The van der Waals surface area contributed by atoms with Gasteiger partial charge in [0.15, 0.2) is 0 Å². The lowest BCUT2D eigenvalue weighted by molar-refractivity contribution is -0.128. The minimum absolute atomic E-state index is 0.153. The highest BCUT2D eigenvalue weighted by Crippen LogP contribution is 2.43. The molecule has 3 atom stereocenters. The molecule has 2 heterocycles. The molecule has 1 aromatic carbocycles. The van der Waals surface area contributed by atoms with Crippen LogP contribution in [0.25, 0.3) is 10.9 Å². The monoisotopic (exact) mass is 395 g/mol. The van der Waals surface area contributed by atoms with Crippen molar-refractivity contribution in [1.82, 2.24) is 14.8 Å². The van der Waals surface area contributed by atoms with Crippen LogP contribution < -0.4 is 5.32 Å². The number of piperidine rings is 1. The molecule has 156 valence electrons. The van der Waals surface area contributed by atoms with E-state index in [-0.39, 0.29) is 17.9 Å². The molecule has 1 saturated heterocycles. The van der Waals surface area contributed by atoms with Crippen LogP contribution in [-0.4, -0.2) is 54.3 Å². The normalized spacial score (nSPS) is 32.2. The summed E-state index contributed by atoms with van der Waals surface area (Å²) in [6.07, 6.45) is 8.70. The Labute approximate surface area is 173 Å². The van der Waals surface area contributed by atoms with E-state index in [0.717, 1.165) is 45.1 Å². The number of nitrogens with one attached hydrogen (secondary N) is 1. The van der Waals surface area contributed by atoms with Crippen molar-refractivity contribution in [1.29, 1.82) is 0 Å². The first kappa shape index (κ1) is 19.1. The van der Waals surface area contributed by atoms with Crippen LogP contribution in [0.4, 0.5) is 0 Å². The fourth-order valence-electron chi connectivity index (χ4n) is 6.20. The zero-order valence-electron chi connectivity index (χ0n) is 17.9. The lowest BCUT2D eigenvalue weighted by Gasteiger charge is -2.46. The third-order valence-electron chi connectivity index (χ3n) is 7.76. The number of hydrogen-bond acceptors (Lipinski definition) is 3. The van der Waals surface area contributed by atoms with E-state index in [1.54, 1.807) is 7.11 Å². The number of likely N-dealkylation sites (N-methyl/N-ethyl adjacent to an activating group) is 1. The Hall–Kier alpha value is -1.85. The number of methoxy groups -OCH3 is 1. The maximum Gasteiger partial charge on any atom is 0.223 e. The van der Waals surface area contributed by atoms with Gasteiger partial charge in [0.25, 0.3) is 0 Å². The Morgan fingerprint density at radius 2 is 1.97 bits per heavy atom. The number of ether oxygens (including phenoxy) is 1. The van der Waals surface area contributed by atoms with Gasteiger partial charge in [-0.1, -0.05) is 12.1 Å². The van der Waals surface area contributed by atoms with Gasteiger partial charge in [-0.25, -0.2) is 0 Å². The summed E-state index contributed by atoms with van der Waals surface area (Å²) in [6, 6.07) is 7.49. The first-order valence-electron chi connectivity index (χ1n) is 11.2. The Bertz CT molecular complexity index is 912. The largest absolute Gasteiger partial charge is 0.381 e. The van der Waals surface area contributed by atoms with Crippen molar-refractivity contribution in [2.24, 2.45) is 13.0 Å². The van der Waals surface area contributed by atoms with Crippen molar-refractivity contribution in [2.75, 3.05) is 20.7 Å². The maximum atomic E-state index is 12.9. The summed E-state index contributed by atoms with van der Waals surface area (Å²) < 4.78 is 7.73. The second kappa shape index (κ2) is 7.44. The molecule has 0 bridgehead atoms. The average Bonchev–Trinajstić information content (AvgIpc) is 3.06. The fourth-order valence-corrected chi connectivity index (χ4v) is 6.20. The number of carbonyl (C=O) groups is 1. The van der Waals surface area contributed by atoms with E-state index in [1.807, 2.05) is 0 Å². The Morgan fingerprint density at radius 1 is 1.17 bits per heavy atom. The SMILES string of the molecule is COC1CCC(C(=O)N[C@@H]2C[C@@H]3c4cccc5c4c(cn5C)C[C@H]3N(C)C2)CC1. The molecule has 5 heteroatoms. The van der Waals surface area contributed by atoms with Gasteiger partial charge in [-0.05, 0) is 62.8 Å². The summed E-state index contributed by atoms with van der Waals surface area (Å²) in [7, 11) is 6.16. The lowest BCUT2D eigenvalue weighted by atomic mass is 9.74. The molecule has 0 spiro atoms. The average molecular weight is 396 g/mol. The van der Waals surface area contributed by atoms with Gasteiger partial charge in [0.1, 0.15) is 0 Å². The number of benzene rings is 1. The second-order valence-electron chi connectivity index (χ2n) is 9.47. The lowest BCUT2D eigenvalue weighted by Crippen LogP contribution is -2.55. The second-order valence-corrected chi connectivity index (χ2v) is 9.47. The molecule has 1 N–H and O–H groups in total. The first-order chi connectivity index (χ1) is 14.0. The third-order valence-corrected chi connectivity index (χ3v) is 7.76. The number of carbonyl (C=O) groups excluding carboxylic acids is 1. The molecule has 0 unspecified atom stereocenters. The molecular weight excluding hydrogens is 362 g/mol. The van der Waals surface area contributed by atoms with E-state index in [2.05, 4.69) is 53.3 Å². The molecule has 1 aromatic heterocycles.